The quantitative estimate of drug-likeness (QED) is 0.304. The Labute approximate surface area is 158 Å². The van der Waals surface area contributed by atoms with Gasteiger partial charge in [0, 0.05) is 31.6 Å². The maximum absolute atomic E-state index is 12.1. The van der Waals surface area contributed by atoms with Gasteiger partial charge in [0.1, 0.15) is 5.78 Å². The number of rotatable bonds is 12. The highest BCUT2D eigenvalue weighted by Crippen LogP contribution is 2.32. The number of unbranched alkanes of at least 4 members (excludes halogenated alkanes) is 5. The summed E-state index contributed by atoms with van der Waals surface area (Å²) < 4.78 is 0. The minimum atomic E-state index is -0.767. The maximum Gasteiger partial charge on any atom is 0.303 e. The second-order valence-corrected chi connectivity index (χ2v) is 7.24. The highest BCUT2D eigenvalue weighted by molar-refractivity contribution is 5.84. The lowest BCUT2D eigenvalue weighted by atomic mass is 9.91. The number of aliphatic hydroxyl groups excluding tert-OH is 1. The van der Waals surface area contributed by atoms with E-state index in [-0.39, 0.29) is 24.0 Å². The van der Waals surface area contributed by atoms with Crippen LogP contribution in [-0.2, 0) is 9.59 Å². The van der Waals surface area contributed by atoms with E-state index in [1.807, 2.05) is 12.2 Å². The predicted molar refractivity (Wildman–Crippen MR) is 104 cm³/mol. The molecular weight excluding hydrogens is 328 g/mol. The Morgan fingerprint density at radius 1 is 1.23 bits per heavy atom. The van der Waals surface area contributed by atoms with Gasteiger partial charge in [-0.05, 0) is 31.6 Å². The van der Waals surface area contributed by atoms with Gasteiger partial charge in [0.25, 0.3) is 0 Å². The number of Topliss-reactive ketones (excluding diaryl/α,β-unsaturated/α-hetero) is 1. The second-order valence-electron chi connectivity index (χ2n) is 7.24. The molecule has 0 aliphatic heterocycles. The lowest BCUT2D eigenvalue weighted by Crippen LogP contribution is -2.13. The van der Waals surface area contributed by atoms with E-state index < -0.39 is 12.1 Å². The summed E-state index contributed by atoms with van der Waals surface area (Å²) in [5.74, 6) is 5.81. The lowest BCUT2D eigenvalue weighted by Gasteiger charge is -2.13. The average Bonchev–Trinajstić information content (AvgIpc) is 2.96. The molecule has 0 bridgehead atoms. The first kappa shape index (κ1) is 22.4. The van der Waals surface area contributed by atoms with Crippen molar-refractivity contribution in [3.63, 3.8) is 0 Å². The van der Waals surface area contributed by atoms with E-state index in [0.29, 0.717) is 25.7 Å². The van der Waals surface area contributed by atoms with Gasteiger partial charge in [-0.2, -0.15) is 0 Å². The molecule has 3 unspecified atom stereocenters. The Balaban J connectivity index is 2.33. The smallest absolute Gasteiger partial charge is 0.303 e. The fraction of sp³-hybridized carbons (Fsp3) is 0.727. The molecule has 1 aliphatic carbocycles. The summed E-state index contributed by atoms with van der Waals surface area (Å²) in [7, 11) is 0. The van der Waals surface area contributed by atoms with Crippen molar-refractivity contribution < 1.29 is 19.8 Å². The van der Waals surface area contributed by atoms with Crippen LogP contribution in [0.3, 0.4) is 0 Å². The van der Waals surface area contributed by atoms with Crippen LogP contribution in [0.1, 0.15) is 84.0 Å². The first-order chi connectivity index (χ1) is 12.5. The van der Waals surface area contributed by atoms with Gasteiger partial charge in [0.05, 0.1) is 6.10 Å². The van der Waals surface area contributed by atoms with Crippen LogP contribution in [0.4, 0.5) is 0 Å². The molecule has 0 aromatic rings. The van der Waals surface area contributed by atoms with Crippen molar-refractivity contribution in [2.24, 2.45) is 11.8 Å². The number of carboxylic acid groups (broad SMARTS) is 1. The number of hydrogen-bond donors (Lipinski definition) is 2. The van der Waals surface area contributed by atoms with E-state index in [0.717, 1.165) is 32.1 Å². The van der Waals surface area contributed by atoms with Crippen LogP contribution in [0.15, 0.2) is 12.2 Å². The third-order valence-electron chi connectivity index (χ3n) is 4.98. The minimum absolute atomic E-state index is 0.0509. The Morgan fingerprint density at radius 2 is 2.04 bits per heavy atom. The van der Waals surface area contributed by atoms with Crippen molar-refractivity contribution in [3.05, 3.63) is 12.2 Å². The van der Waals surface area contributed by atoms with E-state index >= 15 is 0 Å². The van der Waals surface area contributed by atoms with E-state index in [1.165, 1.54) is 12.8 Å². The van der Waals surface area contributed by atoms with Crippen molar-refractivity contribution in [2.75, 3.05) is 0 Å². The van der Waals surface area contributed by atoms with Gasteiger partial charge >= 0.3 is 5.97 Å². The molecule has 26 heavy (non-hydrogen) atoms. The molecule has 1 aliphatic rings. The van der Waals surface area contributed by atoms with Crippen LogP contribution >= 0.6 is 0 Å². The molecule has 2 N–H and O–H groups in total. The molecule has 0 heterocycles. The molecule has 0 amide bonds. The summed E-state index contributed by atoms with van der Waals surface area (Å²) in [6.07, 6.45) is 13.2. The average molecular weight is 363 g/mol. The molecule has 3 atom stereocenters. The van der Waals surface area contributed by atoms with Gasteiger partial charge in [0.2, 0.25) is 0 Å². The van der Waals surface area contributed by atoms with Gasteiger partial charge in [-0.25, -0.2) is 0 Å². The second kappa shape index (κ2) is 13.6. The van der Waals surface area contributed by atoms with Crippen LogP contribution in [0.2, 0.25) is 0 Å². The molecule has 146 valence electrons. The fourth-order valence-electron chi connectivity index (χ4n) is 3.34. The topological polar surface area (TPSA) is 74.6 Å². The van der Waals surface area contributed by atoms with E-state index in [2.05, 4.69) is 18.8 Å². The number of aliphatic carboxylic acids is 1. The first-order valence-electron chi connectivity index (χ1n) is 10.1. The zero-order valence-corrected chi connectivity index (χ0v) is 16.1. The minimum Gasteiger partial charge on any atom is -0.481 e. The maximum atomic E-state index is 12.1. The number of aliphatic hydroxyl groups is 1. The molecule has 4 nitrogen and oxygen atoms in total. The Kier molecular flexibility index (Phi) is 11.7. The van der Waals surface area contributed by atoms with Gasteiger partial charge in [-0.15, -0.1) is 11.8 Å². The monoisotopic (exact) mass is 362 g/mol. The number of carboxylic acids is 1. The molecule has 0 spiro atoms. The van der Waals surface area contributed by atoms with Gasteiger partial charge < -0.3 is 10.2 Å². The summed E-state index contributed by atoms with van der Waals surface area (Å²) in [6, 6.07) is 0. The molecule has 0 aromatic carbocycles. The standard InChI is InChI=1S/C22H34O4/c1-2-3-4-8-11-19(23)16-14-18-15-17-21(24)20(18)12-9-6-5-7-10-13-22(25)26/h14,16,18-20,23H,2-5,7-8,10-13,15,17H2,1H3,(H,25,26)/b16-14+. The van der Waals surface area contributed by atoms with Crippen LogP contribution in [0.25, 0.3) is 0 Å². The Hall–Kier alpha value is -1.60. The molecular formula is C22H34O4. The Morgan fingerprint density at radius 3 is 2.77 bits per heavy atom. The molecule has 1 fully saturated rings. The number of carbonyl (C=O) groups excluding carboxylic acids is 1. The summed E-state index contributed by atoms with van der Waals surface area (Å²) >= 11 is 0. The van der Waals surface area contributed by atoms with Crippen LogP contribution < -0.4 is 0 Å². The van der Waals surface area contributed by atoms with Crippen LogP contribution in [-0.4, -0.2) is 28.1 Å². The Bertz CT molecular complexity index is 512. The zero-order chi connectivity index (χ0) is 19.2. The van der Waals surface area contributed by atoms with Gasteiger partial charge in [-0.1, -0.05) is 44.8 Å². The van der Waals surface area contributed by atoms with Crippen molar-refractivity contribution >= 4 is 11.8 Å². The third kappa shape index (κ3) is 9.77. The van der Waals surface area contributed by atoms with Gasteiger partial charge in [0.15, 0.2) is 0 Å². The van der Waals surface area contributed by atoms with Crippen molar-refractivity contribution in [1.82, 2.24) is 0 Å². The summed E-state index contributed by atoms with van der Waals surface area (Å²) in [4.78, 5) is 22.5. The molecule has 0 aromatic heterocycles. The third-order valence-corrected chi connectivity index (χ3v) is 4.98. The molecule has 4 heteroatoms. The number of carbonyl (C=O) groups is 2. The first-order valence-corrected chi connectivity index (χ1v) is 10.1. The highest BCUT2D eigenvalue weighted by Gasteiger charge is 2.32. The van der Waals surface area contributed by atoms with Crippen molar-refractivity contribution in [3.8, 4) is 11.8 Å². The summed E-state index contributed by atoms with van der Waals surface area (Å²) in [5.41, 5.74) is 0. The number of allylic oxidation sites excluding steroid dienone is 1. The molecule has 1 rings (SSSR count). The number of ketones is 1. The van der Waals surface area contributed by atoms with E-state index in [9.17, 15) is 14.7 Å². The van der Waals surface area contributed by atoms with Crippen molar-refractivity contribution in [1.29, 1.82) is 0 Å². The van der Waals surface area contributed by atoms with Gasteiger partial charge in [-0.3, -0.25) is 9.59 Å². The number of hydrogen-bond acceptors (Lipinski definition) is 3. The fourth-order valence-corrected chi connectivity index (χ4v) is 3.34. The van der Waals surface area contributed by atoms with E-state index in [4.69, 9.17) is 5.11 Å². The lowest BCUT2D eigenvalue weighted by molar-refractivity contribution is -0.137. The molecule has 0 radical (unpaired) electrons. The predicted octanol–water partition coefficient (Wildman–Crippen LogP) is 4.51. The van der Waals surface area contributed by atoms with Crippen LogP contribution in [0.5, 0.6) is 0 Å². The normalized spacial score (nSPS) is 20.9. The highest BCUT2D eigenvalue weighted by atomic mass is 16.4. The molecule has 0 saturated heterocycles. The van der Waals surface area contributed by atoms with Crippen LogP contribution in [0, 0.1) is 23.7 Å². The summed E-state index contributed by atoms with van der Waals surface area (Å²) in [6.45, 7) is 2.17. The zero-order valence-electron chi connectivity index (χ0n) is 16.1. The van der Waals surface area contributed by atoms with E-state index in [1.54, 1.807) is 0 Å². The summed E-state index contributed by atoms with van der Waals surface area (Å²) in [5, 5.41) is 18.6. The SMILES string of the molecule is CCCCCCC(O)/C=C/C1CCC(=O)C1CC#CCCCCC(=O)O. The largest absolute Gasteiger partial charge is 0.481 e. The molecule has 1 saturated carbocycles. The van der Waals surface area contributed by atoms with Crippen molar-refractivity contribution in [2.45, 2.75) is 90.1 Å².